The maximum Gasteiger partial charge on any atom is 0.229 e. The van der Waals surface area contributed by atoms with Crippen LogP contribution in [0.3, 0.4) is 0 Å². The summed E-state index contributed by atoms with van der Waals surface area (Å²) >= 11 is 0. The summed E-state index contributed by atoms with van der Waals surface area (Å²) in [6, 6.07) is 35.5. The molecule has 0 amide bonds. The van der Waals surface area contributed by atoms with Crippen LogP contribution in [0, 0.1) is 0 Å². The van der Waals surface area contributed by atoms with Gasteiger partial charge in [-0.25, -0.2) is 0 Å². The maximum atomic E-state index is 11.0. The van der Waals surface area contributed by atoms with E-state index in [1.54, 1.807) is 24.3 Å². The molecule has 0 aliphatic carbocycles. The van der Waals surface area contributed by atoms with Gasteiger partial charge in [0.05, 0.1) is 6.61 Å². The second-order valence-electron chi connectivity index (χ2n) is 9.41. The highest BCUT2D eigenvalue weighted by Gasteiger charge is 2.47. The van der Waals surface area contributed by atoms with Crippen molar-refractivity contribution >= 4 is 6.29 Å². The average Bonchev–Trinajstić information content (AvgIpc) is 3.00. The lowest BCUT2D eigenvalue weighted by Crippen LogP contribution is -2.60. The Kier molecular flexibility index (Phi) is 8.16. The van der Waals surface area contributed by atoms with Gasteiger partial charge in [-0.2, -0.15) is 0 Å². The van der Waals surface area contributed by atoms with Crippen LogP contribution in [0.1, 0.15) is 27.0 Å². The smallest absolute Gasteiger partial charge is 0.229 e. The molecular weight excluding hydrogens is 496 g/mol. The molecule has 1 fully saturated rings. The van der Waals surface area contributed by atoms with E-state index in [0.717, 1.165) is 16.7 Å². The Morgan fingerprint density at radius 1 is 0.667 bits per heavy atom. The summed E-state index contributed by atoms with van der Waals surface area (Å²) in [4.78, 5) is 11.0. The van der Waals surface area contributed by atoms with E-state index < -0.39 is 36.3 Å². The van der Waals surface area contributed by atoms with Gasteiger partial charge in [-0.15, -0.1) is 0 Å². The van der Waals surface area contributed by atoms with E-state index in [0.29, 0.717) is 17.6 Å². The third-order valence-electron chi connectivity index (χ3n) is 6.94. The van der Waals surface area contributed by atoms with E-state index in [9.17, 15) is 20.1 Å². The van der Waals surface area contributed by atoms with Gasteiger partial charge in [0.1, 0.15) is 42.1 Å². The first kappa shape index (κ1) is 26.7. The second kappa shape index (κ2) is 11.9. The molecule has 7 nitrogen and oxygen atoms in total. The number of aliphatic hydroxyl groups excluding tert-OH is 3. The first-order chi connectivity index (χ1) is 19.0. The standard InChI is InChI=1S/C32H30O7/c33-20-22-16-18-26(19-17-22)38-31-30(36)29(35)28(34)27(39-31)21-37-32(23-10-4-1-5-11-23,24-12-6-2-7-13-24)25-14-8-3-9-15-25/h1-20,27-31,34-36H,21H2/t27-,28-,29-,30-,31-/m1/s1. The predicted octanol–water partition coefficient (Wildman–Crippen LogP) is 3.69. The van der Waals surface area contributed by atoms with Crippen molar-refractivity contribution in [3.8, 4) is 5.75 Å². The van der Waals surface area contributed by atoms with Crippen molar-refractivity contribution in [3.05, 3.63) is 138 Å². The Hall–Kier alpha value is -3.85. The molecular formula is C32H30O7. The van der Waals surface area contributed by atoms with Crippen LogP contribution in [0.4, 0.5) is 0 Å². The Bertz CT molecular complexity index is 1230. The summed E-state index contributed by atoms with van der Waals surface area (Å²) in [5, 5.41) is 32.1. The number of rotatable bonds is 9. The molecule has 5 rings (SSSR count). The van der Waals surface area contributed by atoms with E-state index in [1.165, 1.54) is 0 Å². The van der Waals surface area contributed by atoms with Gasteiger partial charge < -0.3 is 29.5 Å². The minimum atomic E-state index is -1.54. The highest BCUT2D eigenvalue weighted by molar-refractivity contribution is 5.74. The van der Waals surface area contributed by atoms with E-state index in [2.05, 4.69) is 0 Å². The van der Waals surface area contributed by atoms with Gasteiger partial charge in [0.25, 0.3) is 0 Å². The topological polar surface area (TPSA) is 105 Å². The lowest BCUT2D eigenvalue weighted by Gasteiger charge is -2.42. The molecule has 39 heavy (non-hydrogen) atoms. The Morgan fingerprint density at radius 2 is 1.15 bits per heavy atom. The Morgan fingerprint density at radius 3 is 1.62 bits per heavy atom. The highest BCUT2D eigenvalue weighted by atomic mass is 16.7. The molecule has 0 bridgehead atoms. The van der Waals surface area contributed by atoms with E-state index in [1.807, 2.05) is 91.0 Å². The first-order valence-electron chi connectivity index (χ1n) is 12.7. The number of hydrogen-bond acceptors (Lipinski definition) is 7. The molecule has 0 spiro atoms. The van der Waals surface area contributed by atoms with E-state index in [4.69, 9.17) is 14.2 Å². The summed E-state index contributed by atoms with van der Waals surface area (Å²) in [6.45, 7) is -0.131. The van der Waals surface area contributed by atoms with Gasteiger partial charge in [-0.1, -0.05) is 91.0 Å². The lowest BCUT2D eigenvalue weighted by molar-refractivity contribution is -0.283. The van der Waals surface area contributed by atoms with Crippen molar-refractivity contribution in [1.29, 1.82) is 0 Å². The molecule has 1 aliphatic heterocycles. The van der Waals surface area contributed by atoms with Crippen LogP contribution in [0.5, 0.6) is 5.75 Å². The molecule has 1 heterocycles. The van der Waals surface area contributed by atoms with Crippen molar-refractivity contribution < 1.29 is 34.3 Å². The fourth-order valence-corrected chi connectivity index (χ4v) is 4.89. The van der Waals surface area contributed by atoms with E-state index in [-0.39, 0.29) is 6.61 Å². The lowest BCUT2D eigenvalue weighted by atomic mass is 9.80. The van der Waals surface area contributed by atoms with Gasteiger partial charge in [0.2, 0.25) is 6.29 Å². The predicted molar refractivity (Wildman–Crippen MR) is 144 cm³/mol. The molecule has 0 unspecified atom stereocenters. The van der Waals surface area contributed by atoms with Crippen LogP contribution in [-0.2, 0) is 15.1 Å². The summed E-state index contributed by atoms with van der Waals surface area (Å²) in [6.07, 6.45) is -6.08. The zero-order valence-electron chi connectivity index (χ0n) is 21.1. The molecule has 200 valence electrons. The van der Waals surface area contributed by atoms with E-state index >= 15 is 0 Å². The van der Waals surface area contributed by atoms with Crippen molar-refractivity contribution in [3.63, 3.8) is 0 Å². The first-order valence-corrected chi connectivity index (χ1v) is 12.7. The van der Waals surface area contributed by atoms with Crippen LogP contribution in [0.2, 0.25) is 0 Å². The fraction of sp³-hybridized carbons (Fsp3) is 0.219. The third kappa shape index (κ3) is 5.49. The minimum Gasteiger partial charge on any atom is -0.462 e. The monoisotopic (exact) mass is 526 g/mol. The normalized spacial score (nSPS) is 23.2. The average molecular weight is 527 g/mol. The summed E-state index contributed by atoms with van der Waals surface area (Å²) in [5.41, 5.74) is 2.02. The number of aliphatic hydroxyl groups is 3. The maximum absolute atomic E-state index is 11.0. The van der Waals surface area contributed by atoms with Crippen molar-refractivity contribution in [1.82, 2.24) is 0 Å². The van der Waals surface area contributed by atoms with Crippen LogP contribution >= 0.6 is 0 Å². The zero-order valence-corrected chi connectivity index (χ0v) is 21.1. The number of carbonyl (C=O) groups excluding carboxylic acids is 1. The molecule has 0 saturated carbocycles. The van der Waals surface area contributed by atoms with Crippen molar-refractivity contribution in [2.45, 2.75) is 36.3 Å². The van der Waals surface area contributed by atoms with Crippen molar-refractivity contribution in [2.75, 3.05) is 6.61 Å². The quantitative estimate of drug-likeness (QED) is 0.226. The Balaban J connectivity index is 1.47. The van der Waals surface area contributed by atoms with Gasteiger partial charge in [-0.3, -0.25) is 4.79 Å². The zero-order chi connectivity index (χ0) is 27.2. The second-order valence-corrected chi connectivity index (χ2v) is 9.41. The summed E-state index contributed by atoms with van der Waals surface area (Å²) in [5.74, 6) is 0.333. The van der Waals surface area contributed by atoms with Crippen LogP contribution in [0.25, 0.3) is 0 Å². The highest BCUT2D eigenvalue weighted by Crippen LogP contribution is 2.41. The fourth-order valence-electron chi connectivity index (χ4n) is 4.89. The number of aldehydes is 1. The number of carbonyl (C=O) groups is 1. The summed E-state index contributed by atoms with van der Waals surface area (Å²) < 4.78 is 18.5. The third-order valence-corrected chi connectivity index (χ3v) is 6.94. The number of hydrogen-bond donors (Lipinski definition) is 3. The molecule has 0 aromatic heterocycles. The van der Waals surface area contributed by atoms with Crippen LogP contribution in [0.15, 0.2) is 115 Å². The van der Waals surface area contributed by atoms with Gasteiger partial charge in [-0.05, 0) is 41.0 Å². The molecule has 4 aromatic carbocycles. The van der Waals surface area contributed by atoms with Crippen LogP contribution < -0.4 is 4.74 Å². The Labute approximate surface area is 226 Å². The molecule has 3 N–H and O–H groups in total. The molecule has 1 aliphatic rings. The molecule has 7 heteroatoms. The molecule has 5 atom stereocenters. The van der Waals surface area contributed by atoms with Gasteiger partial charge in [0.15, 0.2) is 0 Å². The molecule has 0 radical (unpaired) electrons. The summed E-state index contributed by atoms with van der Waals surface area (Å²) in [7, 11) is 0. The largest absolute Gasteiger partial charge is 0.462 e. The molecule has 4 aromatic rings. The van der Waals surface area contributed by atoms with Crippen molar-refractivity contribution in [2.24, 2.45) is 0 Å². The minimum absolute atomic E-state index is 0.131. The van der Waals surface area contributed by atoms with Gasteiger partial charge in [0, 0.05) is 5.56 Å². The number of ether oxygens (including phenoxy) is 3. The van der Waals surface area contributed by atoms with Gasteiger partial charge >= 0.3 is 0 Å². The SMILES string of the molecule is O=Cc1ccc(O[C@@H]2O[C@H](COC(c3ccccc3)(c3ccccc3)c3ccccc3)[C@@H](O)[C@@H](O)[C@H]2O)cc1. The number of benzene rings is 4. The molecule has 1 saturated heterocycles. The van der Waals surface area contributed by atoms with Crippen LogP contribution in [-0.4, -0.2) is 58.9 Å².